The Hall–Kier alpha value is -3.30. The molecule has 0 bridgehead atoms. The number of carbonyl (C=O) groups excluding carboxylic acids is 3. The zero-order valence-corrected chi connectivity index (χ0v) is 20.0. The number of aryl methyl sites for hydroxylation is 1. The van der Waals surface area contributed by atoms with Gasteiger partial charge in [-0.15, -0.1) is 0 Å². The van der Waals surface area contributed by atoms with Crippen molar-refractivity contribution < 1.29 is 19.1 Å². The topological polar surface area (TPSA) is 113 Å². The minimum Gasteiger partial charge on any atom is -0.354 e. The Morgan fingerprint density at radius 1 is 1.09 bits per heavy atom. The van der Waals surface area contributed by atoms with Crippen molar-refractivity contribution in [1.82, 2.24) is 25.8 Å². The largest absolute Gasteiger partial charge is 0.354 e. The third-order valence-corrected chi connectivity index (χ3v) is 7.29. The van der Waals surface area contributed by atoms with E-state index in [1.807, 2.05) is 12.1 Å². The molecular formula is C26H31N5O4. The summed E-state index contributed by atoms with van der Waals surface area (Å²) >= 11 is 0. The molecule has 3 heterocycles. The van der Waals surface area contributed by atoms with E-state index in [1.165, 1.54) is 10.5 Å². The van der Waals surface area contributed by atoms with Gasteiger partial charge in [-0.1, -0.05) is 24.3 Å². The predicted molar refractivity (Wildman–Crippen MR) is 128 cm³/mol. The smallest absolute Gasteiger partial charge is 0.248 e. The van der Waals surface area contributed by atoms with Crippen LogP contribution in [0.3, 0.4) is 0 Å². The summed E-state index contributed by atoms with van der Waals surface area (Å²) in [6.45, 7) is 2.00. The van der Waals surface area contributed by atoms with E-state index in [0.29, 0.717) is 12.0 Å². The summed E-state index contributed by atoms with van der Waals surface area (Å²) in [5.74, 6) is -0.872. The van der Waals surface area contributed by atoms with Crippen molar-refractivity contribution >= 4 is 17.7 Å². The number of pyridine rings is 1. The molecule has 5 atom stereocenters. The lowest BCUT2D eigenvalue weighted by Gasteiger charge is -2.32. The third-order valence-electron chi connectivity index (χ3n) is 7.29. The summed E-state index contributed by atoms with van der Waals surface area (Å²) in [6.07, 6.45) is 5.72. The quantitative estimate of drug-likeness (QED) is 0.604. The fraction of sp³-hybridized carbons (Fsp3) is 0.462. The highest BCUT2D eigenvalue weighted by Gasteiger charge is 2.49. The van der Waals surface area contributed by atoms with E-state index in [2.05, 4.69) is 33.1 Å². The minimum atomic E-state index is -0.885. The number of nitrogens with one attached hydrogen (secondary N) is 3. The maximum absolute atomic E-state index is 13.8. The Morgan fingerprint density at radius 2 is 1.91 bits per heavy atom. The number of nitrogens with zero attached hydrogens (tertiary/aromatic N) is 2. The van der Waals surface area contributed by atoms with E-state index in [4.69, 9.17) is 4.74 Å². The van der Waals surface area contributed by atoms with E-state index in [-0.39, 0.29) is 30.4 Å². The summed E-state index contributed by atoms with van der Waals surface area (Å²) < 4.78 is 6.08. The maximum atomic E-state index is 13.8. The van der Waals surface area contributed by atoms with Gasteiger partial charge >= 0.3 is 0 Å². The Morgan fingerprint density at radius 3 is 2.74 bits per heavy atom. The van der Waals surface area contributed by atoms with Crippen LogP contribution in [0.4, 0.5) is 0 Å². The number of ether oxygens (including phenoxy) is 1. The number of fused-ring (bicyclic) bond motifs is 4. The Balaban J connectivity index is 1.44. The van der Waals surface area contributed by atoms with Crippen LogP contribution in [0.5, 0.6) is 0 Å². The van der Waals surface area contributed by atoms with E-state index in [1.54, 1.807) is 32.4 Å². The average molecular weight is 478 g/mol. The highest BCUT2D eigenvalue weighted by Crippen LogP contribution is 2.44. The molecule has 0 spiro atoms. The maximum Gasteiger partial charge on any atom is 0.248 e. The predicted octanol–water partition coefficient (Wildman–Crippen LogP) is 1.67. The molecule has 2 aliphatic heterocycles. The zero-order valence-electron chi connectivity index (χ0n) is 20.0. The summed E-state index contributed by atoms with van der Waals surface area (Å²) in [5, 5.41) is 8.92. The van der Waals surface area contributed by atoms with Gasteiger partial charge in [-0.3, -0.25) is 24.3 Å². The normalized spacial score (nSPS) is 26.1. The number of likely N-dealkylation sites (N-methyl/N-ethyl adjacent to an activating group) is 1. The Kier molecular flexibility index (Phi) is 6.53. The molecule has 5 rings (SSSR count). The van der Waals surface area contributed by atoms with Crippen LogP contribution < -0.4 is 16.0 Å². The molecule has 0 saturated carbocycles. The zero-order chi connectivity index (χ0) is 24.5. The van der Waals surface area contributed by atoms with Gasteiger partial charge in [-0.25, -0.2) is 0 Å². The lowest BCUT2D eigenvalue weighted by Crippen LogP contribution is -2.53. The first-order chi connectivity index (χ1) is 17.0. The number of hydrogen-bond acceptors (Lipinski definition) is 6. The van der Waals surface area contributed by atoms with Crippen LogP contribution in [0, 0.1) is 0 Å². The van der Waals surface area contributed by atoms with Gasteiger partial charge in [-0.05, 0) is 50.4 Å². The monoisotopic (exact) mass is 477 g/mol. The second-order valence-corrected chi connectivity index (χ2v) is 9.39. The average Bonchev–Trinajstić information content (AvgIpc) is 3.13. The van der Waals surface area contributed by atoms with Crippen LogP contribution in [-0.4, -0.2) is 53.3 Å². The number of carbonyl (C=O) groups is 3. The molecule has 9 nitrogen and oxygen atoms in total. The SMILES string of the molecule is CN[C@@H](C)C(=O)N[C@H]1CCOC2c3ccncc3C(C(=O)N[C@@H]3CCCc4ccccc43)N2C1=O. The first-order valence-corrected chi connectivity index (χ1v) is 12.2. The molecule has 1 aliphatic carbocycles. The van der Waals surface area contributed by atoms with Crippen molar-refractivity contribution in [2.75, 3.05) is 13.7 Å². The second-order valence-electron chi connectivity index (χ2n) is 9.39. The van der Waals surface area contributed by atoms with Gasteiger partial charge in [0.15, 0.2) is 6.23 Å². The number of amides is 3. The van der Waals surface area contributed by atoms with Crippen LogP contribution in [-0.2, 0) is 25.5 Å². The van der Waals surface area contributed by atoms with Gasteiger partial charge < -0.3 is 20.7 Å². The minimum absolute atomic E-state index is 0.124. The summed E-state index contributed by atoms with van der Waals surface area (Å²) in [7, 11) is 1.69. The molecular weight excluding hydrogens is 446 g/mol. The summed E-state index contributed by atoms with van der Waals surface area (Å²) in [4.78, 5) is 45.8. The fourth-order valence-electron chi connectivity index (χ4n) is 5.30. The van der Waals surface area contributed by atoms with Crippen LogP contribution in [0.25, 0.3) is 0 Å². The first-order valence-electron chi connectivity index (χ1n) is 12.2. The van der Waals surface area contributed by atoms with Gasteiger partial charge in [0.2, 0.25) is 17.7 Å². The number of benzene rings is 1. The molecule has 3 aliphatic rings. The lowest BCUT2D eigenvalue weighted by atomic mass is 9.87. The van der Waals surface area contributed by atoms with Crippen LogP contribution in [0.2, 0.25) is 0 Å². The van der Waals surface area contributed by atoms with Crippen molar-refractivity contribution in [3.8, 4) is 0 Å². The molecule has 1 aromatic heterocycles. The van der Waals surface area contributed by atoms with Crippen LogP contribution in [0.15, 0.2) is 42.7 Å². The molecule has 2 aromatic rings. The van der Waals surface area contributed by atoms with Crippen molar-refractivity contribution in [1.29, 1.82) is 0 Å². The van der Waals surface area contributed by atoms with Crippen molar-refractivity contribution in [3.05, 3.63) is 65.0 Å². The highest BCUT2D eigenvalue weighted by atomic mass is 16.5. The van der Waals surface area contributed by atoms with E-state index >= 15 is 0 Å². The standard InChI is InChI=1S/C26H31N5O4/c1-15(27-2)23(32)30-21-11-13-35-26-18-10-12-28-14-19(18)22(31(26)25(21)34)24(33)29-20-9-5-7-16-6-3-4-8-17(16)20/h3-4,6,8,10,12,14-15,20-22,26-27H,5,7,9,11,13H2,1-2H3,(H,29,33)(H,30,32)/t15-,20+,21-,22?,26?/m0/s1. The van der Waals surface area contributed by atoms with Crippen LogP contribution in [0.1, 0.15) is 66.8 Å². The van der Waals surface area contributed by atoms with Crippen molar-refractivity contribution in [2.45, 2.75) is 63.0 Å². The van der Waals surface area contributed by atoms with Crippen molar-refractivity contribution in [2.24, 2.45) is 0 Å². The molecule has 2 unspecified atom stereocenters. The molecule has 1 saturated heterocycles. The number of rotatable bonds is 5. The van der Waals surface area contributed by atoms with E-state index < -0.39 is 24.4 Å². The molecule has 1 aromatic carbocycles. The van der Waals surface area contributed by atoms with E-state index in [9.17, 15) is 14.4 Å². The molecule has 3 N–H and O–H groups in total. The molecule has 1 fully saturated rings. The fourth-order valence-corrected chi connectivity index (χ4v) is 5.30. The summed E-state index contributed by atoms with van der Waals surface area (Å²) in [6, 6.07) is 7.72. The summed E-state index contributed by atoms with van der Waals surface area (Å²) in [5.41, 5.74) is 3.78. The van der Waals surface area contributed by atoms with Gasteiger partial charge in [0.1, 0.15) is 12.1 Å². The first kappa shape index (κ1) is 23.4. The molecule has 0 radical (unpaired) electrons. The van der Waals surface area contributed by atoms with Crippen LogP contribution >= 0.6 is 0 Å². The number of aromatic nitrogens is 1. The molecule has 9 heteroatoms. The Labute approximate surface area is 204 Å². The Bertz CT molecular complexity index is 1140. The van der Waals surface area contributed by atoms with Gasteiger partial charge in [-0.2, -0.15) is 0 Å². The van der Waals surface area contributed by atoms with Gasteiger partial charge in [0, 0.05) is 29.9 Å². The second kappa shape index (κ2) is 9.75. The molecule has 3 amide bonds. The number of hydrogen-bond donors (Lipinski definition) is 3. The van der Waals surface area contributed by atoms with Crippen molar-refractivity contribution in [3.63, 3.8) is 0 Å². The van der Waals surface area contributed by atoms with Gasteiger partial charge in [0.05, 0.1) is 18.7 Å². The third kappa shape index (κ3) is 4.30. The van der Waals surface area contributed by atoms with Gasteiger partial charge in [0.25, 0.3) is 0 Å². The molecule has 184 valence electrons. The lowest BCUT2D eigenvalue weighted by molar-refractivity contribution is -0.153. The van der Waals surface area contributed by atoms with E-state index in [0.717, 1.165) is 30.4 Å². The highest BCUT2D eigenvalue weighted by molar-refractivity contribution is 5.95. The molecule has 35 heavy (non-hydrogen) atoms.